The van der Waals surface area contributed by atoms with Crippen LogP contribution in [-0.2, 0) is 14.4 Å². The number of primary amides is 1. The Morgan fingerprint density at radius 1 is 0.917 bits per heavy atom. The fourth-order valence-electron chi connectivity index (χ4n) is 0.457. The number of nitrogens with two attached hydrogens (primary N) is 1. The van der Waals surface area contributed by atoms with Crippen LogP contribution in [-0.4, -0.2) is 76.0 Å². The average Bonchev–Trinajstić information content (AvgIpc) is 2.50. The highest BCUT2D eigenvalue weighted by Crippen LogP contribution is 2.11. The molecule has 0 aromatic carbocycles. The lowest BCUT2D eigenvalue weighted by atomic mass is 9.93. The summed E-state index contributed by atoms with van der Waals surface area (Å²) in [6.07, 6.45) is 1.35. The van der Waals surface area contributed by atoms with Crippen LogP contribution in [0.5, 0.6) is 0 Å². The van der Waals surface area contributed by atoms with E-state index in [1.165, 1.54) is 20.8 Å². The summed E-state index contributed by atoms with van der Waals surface area (Å²) in [7, 11) is 0. The first-order valence-electron chi connectivity index (χ1n) is 6.95. The molecule has 0 aliphatic heterocycles. The van der Waals surface area contributed by atoms with Gasteiger partial charge >= 0.3 is 0 Å². The molecule has 0 saturated heterocycles. The van der Waals surface area contributed by atoms with E-state index in [9.17, 15) is 14.4 Å². The van der Waals surface area contributed by atoms with Crippen molar-refractivity contribution in [3.8, 4) is 0 Å². The predicted octanol–water partition coefficient (Wildman–Crippen LogP) is -1.85. The number of Topliss-reactive ketones (excluding diaryl/α,β-unsaturated/α-hetero) is 2. The quantitative estimate of drug-likeness (QED) is 0.289. The van der Waals surface area contributed by atoms with Gasteiger partial charge in [-0.2, -0.15) is 0 Å². The lowest BCUT2D eigenvalue weighted by Crippen LogP contribution is -2.37. The molecule has 7 N–H and O–H groups in total. The first-order chi connectivity index (χ1) is 11.0. The molecule has 0 radical (unpaired) electrons. The Balaban J connectivity index is -0.000000117. The lowest BCUT2D eigenvalue weighted by molar-refractivity contribution is -0.117. The Morgan fingerprint density at radius 2 is 1.17 bits per heavy atom. The molecular weight excluding hydrogens is 322 g/mol. The highest BCUT2D eigenvalue weighted by molar-refractivity contribution is 5.84. The Kier molecular flexibility index (Phi) is 26.9. The number of hydrogen-bond donors (Lipinski definition) is 6. The van der Waals surface area contributed by atoms with Crippen molar-refractivity contribution in [2.24, 2.45) is 11.1 Å². The van der Waals surface area contributed by atoms with E-state index in [4.69, 9.17) is 25.5 Å². The molecule has 0 bridgehead atoms. The largest absolute Gasteiger partial charge is 0.396 e. The molecule has 0 aromatic heterocycles. The number of aliphatic hydroxyl groups excluding tert-OH is 5. The zero-order chi connectivity index (χ0) is 20.2. The Bertz CT molecular complexity index is 319. The van der Waals surface area contributed by atoms with Crippen LogP contribution in [0, 0.1) is 5.41 Å². The molecule has 0 rings (SSSR count). The van der Waals surface area contributed by atoms with E-state index >= 15 is 0 Å². The van der Waals surface area contributed by atoms with E-state index < -0.39 is 37.7 Å². The molecule has 1 amide bonds. The summed E-state index contributed by atoms with van der Waals surface area (Å²) in [6, 6.07) is 0. The Morgan fingerprint density at radius 3 is 1.17 bits per heavy atom. The summed E-state index contributed by atoms with van der Waals surface area (Å²) >= 11 is 0. The van der Waals surface area contributed by atoms with E-state index in [1.807, 2.05) is 0 Å². The summed E-state index contributed by atoms with van der Waals surface area (Å²) < 4.78 is 0. The Labute approximate surface area is 142 Å². The van der Waals surface area contributed by atoms with Gasteiger partial charge < -0.3 is 36.1 Å². The summed E-state index contributed by atoms with van der Waals surface area (Å²) in [5, 5.41) is 42.0. The van der Waals surface area contributed by atoms with Crippen molar-refractivity contribution in [2.45, 2.75) is 27.2 Å². The third-order valence-electron chi connectivity index (χ3n) is 2.01. The predicted molar refractivity (Wildman–Crippen MR) is 88.9 cm³/mol. The third-order valence-corrected chi connectivity index (χ3v) is 2.01. The number of carbonyl (C=O) groups is 3. The fourth-order valence-corrected chi connectivity index (χ4v) is 0.457. The van der Waals surface area contributed by atoms with Crippen molar-refractivity contribution < 1.29 is 39.9 Å². The Hall–Kier alpha value is -1.65. The summed E-state index contributed by atoms with van der Waals surface area (Å²) in [6.45, 7) is 5.95. The smallest absolute Gasteiger partial charge is 0.240 e. The van der Waals surface area contributed by atoms with Crippen molar-refractivity contribution in [1.82, 2.24) is 0 Å². The minimum atomic E-state index is -1.11. The van der Waals surface area contributed by atoms with Gasteiger partial charge in [-0.15, -0.1) is 0 Å². The standard InChI is InChI=1S/C5H12O4.C4H8O2.C3H5NO.C3H6O/c6-1-5(2-7,3-8)4-9;1-4(6)2-3-5;1-2-3(4)5;1-3(2)4/h6-9H,1-4H2;5H,2-3H2,1H3;2H,1H2,(H2,4,5);1-2H3. The van der Waals surface area contributed by atoms with E-state index in [0.29, 0.717) is 6.42 Å². The maximum atomic E-state index is 9.88. The zero-order valence-corrected chi connectivity index (χ0v) is 14.6. The van der Waals surface area contributed by atoms with Gasteiger partial charge in [0.05, 0.1) is 31.8 Å². The van der Waals surface area contributed by atoms with Gasteiger partial charge in [0.2, 0.25) is 5.91 Å². The highest BCUT2D eigenvalue weighted by Gasteiger charge is 2.26. The first kappa shape index (κ1) is 30.3. The van der Waals surface area contributed by atoms with Gasteiger partial charge in [-0.3, -0.25) is 9.59 Å². The van der Waals surface area contributed by atoms with Crippen LogP contribution < -0.4 is 5.73 Å². The molecule has 0 aliphatic carbocycles. The van der Waals surface area contributed by atoms with Gasteiger partial charge in [-0.05, 0) is 26.8 Å². The summed E-state index contributed by atoms with van der Waals surface area (Å²) in [5.41, 5.74) is 3.42. The maximum absolute atomic E-state index is 9.88. The highest BCUT2D eigenvalue weighted by atomic mass is 16.3. The number of aliphatic hydroxyl groups is 5. The molecular formula is C15H31NO8. The number of hydrogen-bond acceptors (Lipinski definition) is 8. The van der Waals surface area contributed by atoms with Gasteiger partial charge in [0.1, 0.15) is 11.6 Å². The molecule has 0 spiro atoms. The van der Waals surface area contributed by atoms with E-state index in [1.54, 1.807) is 0 Å². The van der Waals surface area contributed by atoms with E-state index in [2.05, 4.69) is 12.3 Å². The van der Waals surface area contributed by atoms with Crippen LogP contribution in [0.15, 0.2) is 12.7 Å². The number of amides is 1. The van der Waals surface area contributed by atoms with Crippen LogP contribution in [0.3, 0.4) is 0 Å². The normalized spacial score (nSPS) is 9.00. The fraction of sp³-hybridized carbons (Fsp3) is 0.667. The van der Waals surface area contributed by atoms with Crippen LogP contribution >= 0.6 is 0 Å². The maximum Gasteiger partial charge on any atom is 0.240 e. The molecule has 9 heteroatoms. The molecule has 0 aliphatic rings. The molecule has 0 aromatic rings. The minimum Gasteiger partial charge on any atom is -0.396 e. The van der Waals surface area contributed by atoms with E-state index in [-0.39, 0.29) is 18.2 Å². The van der Waals surface area contributed by atoms with Crippen molar-refractivity contribution in [3.63, 3.8) is 0 Å². The monoisotopic (exact) mass is 353 g/mol. The third kappa shape index (κ3) is 32.3. The topological polar surface area (TPSA) is 178 Å². The summed E-state index contributed by atoms with van der Waals surface area (Å²) in [5.74, 6) is -0.275. The molecule has 0 saturated carbocycles. The van der Waals surface area contributed by atoms with Crippen LogP contribution in [0.25, 0.3) is 0 Å². The minimum absolute atomic E-state index is 0.0185. The second-order valence-electron chi connectivity index (χ2n) is 4.82. The van der Waals surface area contributed by atoms with Gasteiger partial charge in [0.15, 0.2) is 0 Å². The second kappa shape index (κ2) is 21.4. The zero-order valence-electron chi connectivity index (χ0n) is 14.6. The van der Waals surface area contributed by atoms with Gasteiger partial charge in [-0.25, -0.2) is 0 Å². The SMILES string of the molecule is C=CC(N)=O.CC(=O)CCO.CC(C)=O.OCC(CO)(CO)CO. The first-order valence-corrected chi connectivity index (χ1v) is 6.95. The van der Waals surface area contributed by atoms with Gasteiger partial charge in [0, 0.05) is 13.0 Å². The number of carbonyl (C=O) groups excluding carboxylic acids is 3. The van der Waals surface area contributed by atoms with E-state index in [0.717, 1.165) is 6.08 Å². The van der Waals surface area contributed by atoms with Crippen molar-refractivity contribution in [2.75, 3.05) is 33.0 Å². The molecule has 9 nitrogen and oxygen atoms in total. The van der Waals surface area contributed by atoms with Crippen LogP contribution in [0.1, 0.15) is 27.2 Å². The van der Waals surface area contributed by atoms with Crippen molar-refractivity contribution in [1.29, 1.82) is 0 Å². The van der Waals surface area contributed by atoms with Crippen molar-refractivity contribution in [3.05, 3.63) is 12.7 Å². The van der Waals surface area contributed by atoms with Crippen molar-refractivity contribution >= 4 is 17.5 Å². The van der Waals surface area contributed by atoms with Crippen LogP contribution in [0.2, 0.25) is 0 Å². The van der Waals surface area contributed by atoms with Gasteiger partial charge in [0.25, 0.3) is 0 Å². The number of ketones is 2. The molecule has 0 unspecified atom stereocenters. The summed E-state index contributed by atoms with van der Waals surface area (Å²) in [4.78, 5) is 28.8. The average molecular weight is 353 g/mol. The lowest BCUT2D eigenvalue weighted by Gasteiger charge is -2.23. The molecule has 0 atom stereocenters. The molecule has 0 heterocycles. The molecule has 24 heavy (non-hydrogen) atoms. The molecule has 144 valence electrons. The second-order valence-corrected chi connectivity index (χ2v) is 4.82. The number of rotatable bonds is 7. The van der Waals surface area contributed by atoms with Crippen LogP contribution in [0.4, 0.5) is 0 Å². The molecule has 0 fully saturated rings. The van der Waals surface area contributed by atoms with Gasteiger partial charge in [-0.1, -0.05) is 6.58 Å².